The van der Waals surface area contributed by atoms with Crippen molar-refractivity contribution in [3.05, 3.63) is 181 Å². The minimum atomic E-state index is -0.0983. The molecule has 1 aliphatic rings. The van der Waals surface area contributed by atoms with Crippen molar-refractivity contribution in [2.24, 2.45) is 0 Å². The van der Waals surface area contributed by atoms with Crippen LogP contribution in [0.5, 0.6) is 0 Å². The normalized spacial score (nSPS) is 13.5. The fourth-order valence-electron chi connectivity index (χ4n) is 8.99. The highest BCUT2D eigenvalue weighted by atomic mass is 15.0. The molecule has 2 heteroatoms. The number of aromatic nitrogens is 2. The molecule has 51 heavy (non-hydrogen) atoms. The molecule has 0 aliphatic heterocycles. The molecular weight excluding hydrogens is 617 g/mol. The molecule has 11 rings (SSSR count). The van der Waals surface area contributed by atoms with Crippen LogP contribution >= 0.6 is 0 Å². The Kier molecular flexibility index (Phi) is 5.76. The van der Waals surface area contributed by atoms with Gasteiger partial charge in [-0.1, -0.05) is 111 Å². The van der Waals surface area contributed by atoms with Crippen LogP contribution in [-0.4, -0.2) is 9.13 Å². The van der Waals surface area contributed by atoms with E-state index in [-0.39, 0.29) is 5.41 Å². The van der Waals surface area contributed by atoms with Crippen LogP contribution in [0.15, 0.2) is 170 Å². The summed E-state index contributed by atoms with van der Waals surface area (Å²) in [5.41, 5.74) is 15.1. The summed E-state index contributed by atoms with van der Waals surface area (Å²) in [5.74, 6) is 0. The second kappa shape index (κ2) is 10.3. The minimum absolute atomic E-state index is 0.0983. The molecule has 0 N–H and O–H groups in total. The average Bonchev–Trinajstić information content (AvgIpc) is 3.76. The Morgan fingerprint density at radius 2 is 0.863 bits per heavy atom. The van der Waals surface area contributed by atoms with Crippen LogP contribution in [0.1, 0.15) is 25.0 Å². The van der Waals surface area contributed by atoms with Crippen molar-refractivity contribution in [1.29, 1.82) is 0 Å². The monoisotopic (exact) mass is 650 g/mol. The standard InChI is InChI=1S/C49H34N2/c1-49(2)43-29-32-13-7-6-12-31(32)26-40(43)37-23-22-36(30-44(37)49)51-46-19-11-9-17-39(46)42-28-34(21-25-48(42)51)33-20-24-47-41(27-33)38-16-8-10-18-45(38)50(47)35-14-4-3-5-15-35/h3-30H,1-2H3. The van der Waals surface area contributed by atoms with Gasteiger partial charge in [0.1, 0.15) is 0 Å². The van der Waals surface area contributed by atoms with Gasteiger partial charge in [-0.2, -0.15) is 0 Å². The van der Waals surface area contributed by atoms with E-state index < -0.39 is 0 Å². The maximum absolute atomic E-state index is 2.46. The predicted octanol–water partition coefficient (Wildman–Crippen LogP) is 13.0. The molecule has 10 aromatic rings. The summed E-state index contributed by atoms with van der Waals surface area (Å²) >= 11 is 0. The molecule has 0 radical (unpaired) electrons. The third-order valence-corrected chi connectivity index (χ3v) is 11.5. The first-order chi connectivity index (χ1) is 25.0. The van der Waals surface area contributed by atoms with E-state index in [1.807, 2.05) is 0 Å². The van der Waals surface area contributed by atoms with Gasteiger partial charge in [0.25, 0.3) is 0 Å². The van der Waals surface area contributed by atoms with Crippen molar-refractivity contribution in [2.75, 3.05) is 0 Å². The number of para-hydroxylation sites is 3. The van der Waals surface area contributed by atoms with Crippen molar-refractivity contribution >= 4 is 54.4 Å². The van der Waals surface area contributed by atoms with Gasteiger partial charge in [-0.3, -0.25) is 0 Å². The molecule has 2 aromatic heterocycles. The molecule has 0 spiro atoms. The van der Waals surface area contributed by atoms with Crippen LogP contribution < -0.4 is 0 Å². The second-order valence-corrected chi connectivity index (χ2v) is 14.6. The Morgan fingerprint density at radius 1 is 0.353 bits per heavy atom. The number of benzene rings is 8. The van der Waals surface area contributed by atoms with Crippen LogP contribution in [0.2, 0.25) is 0 Å². The Labute approximate surface area is 296 Å². The van der Waals surface area contributed by atoms with Gasteiger partial charge >= 0.3 is 0 Å². The number of hydrogen-bond donors (Lipinski definition) is 0. The van der Waals surface area contributed by atoms with Crippen molar-refractivity contribution in [3.63, 3.8) is 0 Å². The van der Waals surface area contributed by atoms with Crippen molar-refractivity contribution < 1.29 is 0 Å². The Morgan fingerprint density at radius 3 is 1.51 bits per heavy atom. The maximum Gasteiger partial charge on any atom is 0.0541 e. The highest BCUT2D eigenvalue weighted by Crippen LogP contribution is 2.51. The van der Waals surface area contributed by atoms with E-state index in [1.54, 1.807) is 0 Å². The highest BCUT2D eigenvalue weighted by Gasteiger charge is 2.36. The lowest BCUT2D eigenvalue weighted by Gasteiger charge is -2.22. The van der Waals surface area contributed by atoms with Crippen molar-refractivity contribution in [2.45, 2.75) is 19.3 Å². The van der Waals surface area contributed by atoms with Crippen LogP contribution in [-0.2, 0) is 5.41 Å². The van der Waals surface area contributed by atoms with Crippen LogP contribution in [0.3, 0.4) is 0 Å². The summed E-state index contributed by atoms with van der Waals surface area (Å²) in [5, 5.41) is 7.67. The summed E-state index contributed by atoms with van der Waals surface area (Å²) in [6.07, 6.45) is 0. The van der Waals surface area contributed by atoms with Crippen LogP contribution in [0.25, 0.3) is 88.0 Å². The first kappa shape index (κ1) is 28.5. The SMILES string of the molecule is CC1(C)c2cc(-n3c4ccccc4c4cc(-c5ccc6c(c5)c5ccccc5n6-c5ccccc5)ccc43)ccc2-c2cc3ccccc3cc21. The molecule has 0 saturated carbocycles. The minimum Gasteiger partial charge on any atom is -0.309 e. The molecule has 0 saturated heterocycles. The highest BCUT2D eigenvalue weighted by molar-refractivity contribution is 6.12. The molecule has 240 valence electrons. The maximum atomic E-state index is 2.46. The lowest BCUT2D eigenvalue weighted by atomic mass is 9.81. The molecule has 0 fully saturated rings. The summed E-state index contributed by atoms with van der Waals surface area (Å²) in [7, 11) is 0. The molecule has 1 aliphatic carbocycles. The van der Waals surface area contributed by atoms with E-state index in [9.17, 15) is 0 Å². The van der Waals surface area contributed by atoms with E-state index in [1.165, 1.54) is 99.1 Å². The van der Waals surface area contributed by atoms with Gasteiger partial charge in [0.05, 0.1) is 22.1 Å². The topological polar surface area (TPSA) is 9.86 Å². The third-order valence-electron chi connectivity index (χ3n) is 11.5. The summed E-state index contributed by atoms with van der Waals surface area (Å²) in [6.45, 7) is 4.75. The van der Waals surface area contributed by atoms with E-state index in [4.69, 9.17) is 0 Å². The van der Waals surface area contributed by atoms with E-state index >= 15 is 0 Å². The Hall–Kier alpha value is -6.38. The molecule has 0 amide bonds. The van der Waals surface area contributed by atoms with Crippen molar-refractivity contribution in [3.8, 4) is 33.6 Å². The third kappa shape index (κ3) is 3.99. The Bertz CT molecular complexity index is 3040. The fraction of sp³-hybridized carbons (Fsp3) is 0.0612. The van der Waals surface area contributed by atoms with Crippen molar-refractivity contribution in [1.82, 2.24) is 9.13 Å². The van der Waals surface area contributed by atoms with Gasteiger partial charge in [0.15, 0.2) is 0 Å². The molecule has 2 nitrogen and oxygen atoms in total. The van der Waals surface area contributed by atoms with Gasteiger partial charge in [0.2, 0.25) is 0 Å². The smallest absolute Gasteiger partial charge is 0.0541 e. The average molecular weight is 651 g/mol. The summed E-state index contributed by atoms with van der Waals surface area (Å²) < 4.78 is 4.84. The van der Waals surface area contributed by atoms with Gasteiger partial charge in [-0.25, -0.2) is 0 Å². The van der Waals surface area contributed by atoms with Gasteiger partial charge in [0, 0.05) is 38.3 Å². The molecule has 0 atom stereocenters. The van der Waals surface area contributed by atoms with E-state index in [0.717, 1.165) is 0 Å². The van der Waals surface area contributed by atoms with Crippen LogP contribution in [0.4, 0.5) is 0 Å². The largest absolute Gasteiger partial charge is 0.309 e. The number of fused-ring (bicyclic) bond motifs is 10. The number of nitrogens with zero attached hydrogens (tertiary/aromatic N) is 2. The number of rotatable bonds is 3. The number of hydrogen-bond acceptors (Lipinski definition) is 0. The fourth-order valence-corrected chi connectivity index (χ4v) is 8.99. The lowest BCUT2D eigenvalue weighted by molar-refractivity contribution is 0.660. The molecule has 2 heterocycles. The molecule has 8 aromatic carbocycles. The molecule has 0 unspecified atom stereocenters. The Balaban J connectivity index is 1.07. The zero-order valence-corrected chi connectivity index (χ0v) is 28.6. The van der Waals surface area contributed by atoms with Gasteiger partial charge in [-0.05, 0) is 117 Å². The van der Waals surface area contributed by atoms with E-state index in [2.05, 4.69) is 193 Å². The van der Waals surface area contributed by atoms with E-state index in [0.29, 0.717) is 0 Å². The summed E-state index contributed by atoms with van der Waals surface area (Å²) in [4.78, 5) is 0. The lowest BCUT2D eigenvalue weighted by Crippen LogP contribution is -2.15. The quantitative estimate of drug-likeness (QED) is 0.180. The predicted molar refractivity (Wildman–Crippen MR) is 216 cm³/mol. The first-order valence-corrected chi connectivity index (χ1v) is 17.9. The van der Waals surface area contributed by atoms with Gasteiger partial charge in [-0.15, -0.1) is 0 Å². The first-order valence-electron chi connectivity index (χ1n) is 17.9. The zero-order chi connectivity index (χ0) is 33.8. The summed E-state index contributed by atoms with van der Waals surface area (Å²) in [6, 6.07) is 62.9. The molecular formula is C49H34N2. The zero-order valence-electron chi connectivity index (χ0n) is 28.6. The van der Waals surface area contributed by atoms with Gasteiger partial charge < -0.3 is 9.13 Å². The molecule has 0 bridgehead atoms. The second-order valence-electron chi connectivity index (χ2n) is 14.6. The van der Waals surface area contributed by atoms with Crippen LogP contribution in [0, 0.1) is 0 Å².